The number of thiophene rings is 1. The Balaban J connectivity index is 1.52. The lowest BCUT2D eigenvalue weighted by molar-refractivity contribution is 0.218. The summed E-state index contributed by atoms with van der Waals surface area (Å²) >= 11 is 1.97. The van der Waals surface area contributed by atoms with E-state index in [0.29, 0.717) is 6.04 Å². The highest BCUT2D eigenvalue weighted by molar-refractivity contribution is 7.10. The zero-order valence-corrected chi connectivity index (χ0v) is 12.0. The molecule has 2 fully saturated rings. The van der Waals surface area contributed by atoms with Crippen LogP contribution in [0.15, 0.2) is 29.8 Å². The van der Waals surface area contributed by atoms with Crippen molar-refractivity contribution in [3.05, 3.63) is 34.7 Å². The molecule has 2 aromatic rings. The van der Waals surface area contributed by atoms with E-state index in [9.17, 15) is 0 Å². The maximum Gasteiger partial charge on any atom is 0.0713 e. The molecule has 2 heteroatoms. The van der Waals surface area contributed by atoms with Gasteiger partial charge in [0.1, 0.15) is 0 Å². The lowest BCUT2D eigenvalue weighted by Gasteiger charge is -2.33. The Morgan fingerprint density at radius 2 is 1.95 bits per heavy atom. The van der Waals surface area contributed by atoms with Gasteiger partial charge < -0.3 is 4.57 Å². The van der Waals surface area contributed by atoms with E-state index in [1.54, 1.807) is 4.88 Å². The first-order valence-electron chi connectivity index (χ1n) is 7.61. The smallest absolute Gasteiger partial charge is 0.0713 e. The van der Waals surface area contributed by atoms with Crippen molar-refractivity contribution in [3.8, 4) is 11.3 Å². The van der Waals surface area contributed by atoms with Gasteiger partial charge in [0, 0.05) is 22.3 Å². The first kappa shape index (κ1) is 10.7. The minimum atomic E-state index is 0.649. The number of aromatic nitrogens is 1. The van der Waals surface area contributed by atoms with Gasteiger partial charge in [-0.05, 0) is 73.4 Å². The van der Waals surface area contributed by atoms with Crippen LogP contribution in [0.1, 0.15) is 49.4 Å². The van der Waals surface area contributed by atoms with Gasteiger partial charge >= 0.3 is 0 Å². The maximum absolute atomic E-state index is 2.55. The molecule has 0 unspecified atom stereocenters. The average Bonchev–Trinajstić information content (AvgIpc) is 2.85. The fourth-order valence-electron chi connectivity index (χ4n) is 4.44. The quantitative estimate of drug-likeness (QED) is 0.679. The number of fused-ring (bicyclic) bond motifs is 3. The molecule has 1 aliphatic heterocycles. The lowest BCUT2D eigenvalue weighted by atomic mass is 9.76. The summed E-state index contributed by atoms with van der Waals surface area (Å²) in [6.07, 6.45) is 11.2. The average molecular weight is 269 g/mol. The normalized spacial score (nSPS) is 27.5. The summed E-state index contributed by atoms with van der Waals surface area (Å²) in [5, 5.41) is 2.28. The molecule has 2 aliphatic carbocycles. The fourth-order valence-corrected chi connectivity index (χ4v) is 5.53. The van der Waals surface area contributed by atoms with E-state index in [1.807, 2.05) is 11.3 Å². The molecule has 2 saturated carbocycles. The van der Waals surface area contributed by atoms with Crippen molar-refractivity contribution in [2.24, 2.45) is 11.3 Å². The third-order valence-corrected chi connectivity index (χ3v) is 6.80. The summed E-state index contributed by atoms with van der Waals surface area (Å²) in [4.78, 5) is 1.63. The topological polar surface area (TPSA) is 4.93 Å². The summed E-state index contributed by atoms with van der Waals surface area (Å²) in [5.74, 6) is 0.872. The molecule has 0 N–H and O–H groups in total. The van der Waals surface area contributed by atoms with Crippen LogP contribution >= 0.6 is 11.3 Å². The van der Waals surface area contributed by atoms with Gasteiger partial charge in [-0.2, -0.15) is 0 Å². The van der Waals surface area contributed by atoms with Gasteiger partial charge in [0.05, 0.1) is 6.04 Å². The molecule has 0 aromatic carbocycles. The van der Waals surface area contributed by atoms with Crippen LogP contribution in [0.5, 0.6) is 0 Å². The molecule has 0 bridgehead atoms. The molecule has 0 amide bonds. The Morgan fingerprint density at radius 1 is 1.11 bits per heavy atom. The van der Waals surface area contributed by atoms with Crippen molar-refractivity contribution < 1.29 is 0 Å². The predicted octanol–water partition coefficient (Wildman–Crippen LogP) is 5.09. The van der Waals surface area contributed by atoms with Crippen molar-refractivity contribution in [2.75, 3.05) is 0 Å². The second-order valence-corrected chi connectivity index (χ2v) is 7.73. The van der Waals surface area contributed by atoms with E-state index in [4.69, 9.17) is 0 Å². The second-order valence-electron chi connectivity index (χ2n) is 6.78. The molecule has 0 saturated heterocycles. The number of hydrogen-bond donors (Lipinski definition) is 0. The van der Waals surface area contributed by atoms with Crippen molar-refractivity contribution >= 4 is 11.3 Å². The van der Waals surface area contributed by atoms with Crippen LogP contribution in [0.4, 0.5) is 0 Å². The van der Waals surface area contributed by atoms with E-state index in [2.05, 4.69) is 34.3 Å². The lowest BCUT2D eigenvalue weighted by Crippen LogP contribution is -2.23. The Bertz CT molecular complexity index is 581. The number of hydrogen-bond acceptors (Lipinski definition) is 1. The summed E-state index contributed by atoms with van der Waals surface area (Å²) in [7, 11) is 0. The Kier molecular flexibility index (Phi) is 2.00. The first-order chi connectivity index (χ1) is 9.36. The summed E-state index contributed by atoms with van der Waals surface area (Å²) < 4.78 is 2.55. The predicted molar refractivity (Wildman–Crippen MR) is 79.5 cm³/mol. The number of nitrogens with zero attached hydrogens (tertiary/aromatic N) is 1. The Hall–Kier alpha value is -1.02. The zero-order valence-electron chi connectivity index (χ0n) is 11.1. The molecule has 0 radical (unpaired) electrons. The van der Waals surface area contributed by atoms with Gasteiger partial charge in [-0.25, -0.2) is 0 Å². The molecule has 1 spiro atoms. The van der Waals surface area contributed by atoms with Gasteiger partial charge in [0.15, 0.2) is 0 Å². The third kappa shape index (κ3) is 1.41. The minimum absolute atomic E-state index is 0.649. The van der Waals surface area contributed by atoms with Crippen LogP contribution in [0.3, 0.4) is 0 Å². The largest absolute Gasteiger partial charge is 0.339 e. The monoisotopic (exact) mass is 269 g/mol. The maximum atomic E-state index is 2.55. The van der Waals surface area contributed by atoms with Crippen molar-refractivity contribution in [1.29, 1.82) is 0 Å². The van der Waals surface area contributed by atoms with Crippen molar-refractivity contribution in [3.63, 3.8) is 0 Å². The molecule has 3 aliphatic rings. The van der Waals surface area contributed by atoms with Crippen LogP contribution < -0.4 is 0 Å². The molecule has 1 atom stereocenters. The van der Waals surface area contributed by atoms with Crippen LogP contribution in [0.25, 0.3) is 11.3 Å². The van der Waals surface area contributed by atoms with Gasteiger partial charge in [0.25, 0.3) is 0 Å². The Labute approximate surface area is 118 Å². The second kappa shape index (κ2) is 3.54. The van der Waals surface area contributed by atoms with Crippen LogP contribution in [0, 0.1) is 11.3 Å². The highest BCUT2D eigenvalue weighted by atomic mass is 32.1. The van der Waals surface area contributed by atoms with Crippen molar-refractivity contribution in [1.82, 2.24) is 4.57 Å². The SMILES string of the molecule is c1cc2n(c1)[C@H](C1CCC3(CC1)CC3)c1sccc1-2. The van der Waals surface area contributed by atoms with Gasteiger partial charge in [-0.3, -0.25) is 0 Å². The first-order valence-corrected chi connectivity index (χ1v) is 8.49. The third-order valence-electron chi connectivity index (χ3n) is 5.81. The summed E-state index contributed by atoms with van der Waals surface area (Å²) in [6.45, 7) is 0. The molecular weight excluding hydrogens is 250 g/mol. The van der Waals surface area contributed by atoms with E-state index >= 15 is 0 Å². The fraction of sp³-hybridized carbons (Fsp3) is 0.529. The van der Waals surface area contributed by atoms with E-state index in [1.165, 1.54) is 49.8 Å². The molecule has 1 nitrogen and oxygen atoms in total. The molecule has 98 valence electrons. The van der Waals surface area contributed by atoms with Crippen LogP contribution in [-0.4, -0.2) is 4.57 Å². The molecule has 19 heavy (non-hydrogen) atoms. The van der Waals surface area contributed by atoms with Gasteiger partial charge in [0.2, 0.25) is 0 Å². The standard InChI is InChI=1S/C17H19NS/c1-2-14-13-5-11-19-16(13)15(18(14)10-1)12-3-6-17(7-4-12)8-9-17/h1-2,5,10-12,15H,3-4,6-9H2/t15-/m1/s1. The Morgan fingerprint density at radius 3 is 2.74 bits per heavy atom. The van der Waals surface area contributed by atoms with E-state index < -0.39 is 0 Å². The summed E-state index contributed by atoms with van der Waals surface area (Å²) in [5.41, 5.74) is 3.77. The molecule has 5 rings (SSSR count). The highest BCUT2D eigenvalue weighted by Crippen LogP contribution is 2.60. The molecular formula is C17H19NS. The highest BCUT2D eigenvalue weighted by Gasteiger charge is 2.47. The minimum Gasteiger partial charge on any atom is -0.339 e. The van der Waals surface area contributed by atoms with E-state index in [-0.39, 0.29) is 0 Å². The van der Waals surface area contributed by atoms with Crippen LogP contribution in [0.2, 0.25) is 0 Å². The van der Waals surface area contributed by atoms with Gasteiger partial charge in [-0.1, -0.05) is 0 Å². The molecule has 2 aromatic heterocycles. The number of rotatable bonds is 1. The summed E-state index contributed by atoms with van der Waals surface area (Å²) in [6, 6.07) is 7.47. The van der Waals surface area contributed by atoms with E-state index in [0.717, 1.165) is 11.3 Å². The van der Waals surface area contributed by atoms with Crippen LogP contribution in [-0.2, 0) is 0 Å². The van der Waals surface area contributed by atoms with Gasteiger partial charge in [-0.15, -0.1) is 11.3 Å². The zero-order chi connectivity index (χ0) is 12.4. The van der Waals surface area contributed by atoms with Crippen molar-refractivity contribution in [2.45, 2.75) is 44.6 Å². The molecule has 3 heterocycles.